The van der Waals surface area contributed by atoms with E-state index in [-0.39, 0.29) is 11.8 Å². The Morgan fingerprint density at radius 1 is 1.23 bits per heavy atom. The quantitative estimate of drug-likeness (QED) is 0.628. The number of carbonyl (C=O) groups excluding carboxylic acids is 1. The summed E-state index contributed by atoms with van der Waals surface area (Å²) in [5.41, 5.74) is 0.929. The molecule has 1 saturated heterocycles. The number of hydrogen-bond acceptors (Lipinski definition) is 3. The lowest BCUT2D eigenvalue weighted by atomic mass is 9.97. The van der Waals surface area contributed by atoms with Crippen molar-refractivity contribution in [3.8, 4) is 10.4 Å². The number of likely N-dealkylation sites (tertiary alicyclic amines) is 1. The molecular weight excluding hydrogens is 389 g/mol. The standard InChI is InChI=1S/C19H17Cl2N3OS/c20-14-8-13(9-15(21)10-14)16-3-4-17(26-16)19(25)24-7-1-2-12(11-24)18-22-5-6-23-18/h3-6,8-10,12H,1-2,7,11H2,(H,22,23). The van der Waals surface area contributed by atoms with Gasteiger partial charge in [0.2, 0.25) is 0 Å². The van der Waals surface area contributed by atoms with E-state index in [0.717, 1.165) is 40.5 Å². The minimum atomic E-state index is 0.0747. The van der Waals surface area contributed by atoms with Crippen LogP contribution in [0.5, 0.6) is 0 Å². The Bertz CT molecular complexity index is 903. The zero-order valence-corrected chi connectivity index (χ0v) is 16.2. The van der Waals surface area contributed by atoms with Crippen molar-refractivity contribution >= 4 is 40.4 Å². The van der Waals surface area contributed by atoms with E-state index in [0.29, 0.717) is 16.6 Å². The molecule has 7 heteroatoms. The summed E-state index contributed by atoms with van der Waals surface area (Å²) in [6.07, 6.45) is 5.63. The first kappa shape index (κ1) is 17.6. The highest BCUT2D eigenvalue weighted by atomic mass is 35.5. The summed E-state index contributed by atoms with van der Waals surface area (Å²) >= 11 is 13.7. The van der Waals surface area contributed by atoms with Crippen molar-refractivity contribution in [3.63, 3.8) is 0 Å². The number of carbonyl (C=O) groups is 1. The Kier molecular flexibility index (Phi) is 5.02. The van der Waals surface area contributed by atoms with Crippen molar-refractivity contribution in [1.29, 1.82) is 0 Å². The number of imidazole rings is 1. The van der Waals surface area contributed by atoms with Crippen LogP contribution >= 0.6 is 34.5 Å². The summed E-state index contributed by atoms with van der Waals surface area (Å²) < 4.78 is 0. The number of benzene rings is 1. The van der Waals surface area contributed by atoms with Crippen molar-refractivity contribution in [2.45, 2.75) is 18.8 Å². The highest BCUT2D eigenvalue weighted by molar-refractivity contribution is 7.17. The summed E-state index contributed by atoms with van der Waals surface area (Å²) in [6, 6.07) is 9.26. The molecule has 2 aromatic heterocycles. The fourth-order valence-electron chi connectivity index (χ4n) is 3.35. The molecule has 1 unspecified atom stereocenters. The summed E-state index contributed by atoms with van der Waals surface area (Å²) in [4.78, 5) is 24.1. The average molecular weight is 406 g/mol. The topological polar surface area (TPSA) is 49.0 Å². The van der Waals surface area contributed by atoms with Gasteiger partial charge in [-0.2, -0.15) is 0 Å². The Labute approximate surface area is 165 Å². The maximum atomic E-state index is 12.9. The first-order valence-electron chi connectivity index (χ1n) is 8.45. The van der Waals surface area contributed by atoms with E-state index in [1.165, 1.54) is 11.3 Å². The van der Waals surface area contributed by atoms with Crippen LogP contribution in [0.2, 0.25) is 10.0 Å². The van der Waals surface area contributed by atoms with Crippen molar-refractivity contribution < 1.29 is 4.79 Å². The molecule has 0 spiro atoms. The molecule has 0 bridgehead atoms. The lowest BCUT2D eigenvalue weighted by molar-refractivity contribution is 0.0709. The highest BCUT2D eigenvalue weighted by Crippen LogP contribution is 2.33. The van der Waals surface area contributed by atoms with Crippen LogP contribution < -0.4 is 0 Å². The third-order valence-corrected chi connectivity index (χ3v) is 6.14. The minimum Gasteiger partial charge on any atom is -0.348 e. The molecule has 1 aliphatic heterocycles. The number of amides is 1. The van der Waals surface area contributed by atoms with E-state index < -0.39 is 0 Å². The molecule has 4 nitrogen and oxygen atoms in total. The van der Waals surface area contributed by atoms with Gasteiger partial charge < -0.3 is 9.88 Å². The Morgan fingerprint density at radius 3 is 2.77 bits per heavy atom. The largest absolute Gasteiger partial charge is 0.348 e. The molecule has 1 amide bonds. The van der Waals surface area contributed by atoms with Gasteiger partial charge in [0.25, 0.3) is 5.91 Å². The number of aromatic amines is 1. The van der Waals surface area contributed by atoms with Crippen LogP contribution in [0.15, 0.2) is 42.7 Å². The van der Waals surface area contributed by atoms with E-state index in [1.807, 2.05) is 35.4 Å². The molecular formula is C19H17Cl2N3OS. The molecule has 1 fully saturated rings. The van der Waals surface area contributed by atoms with Crippen molar-refractivity contribution in [3.05, 3.63) is 63.5 Å². The van der Waals surface area contributed by atoms with E-state index in [2.05, 4.69) is 9.97 Å². The van der Waals surface area contributed by atoms with Gasteiger partial charge in [0.15, 0.2) is 0 Å². The minimum absolute atomic E-state index is 0.0747. The number of halogens is 2. The number of aromatic nitrogens is 2. The summed E-state index contributed by atoms with van der Waals surface area (Å²) in [5, 5.41) is 1.18. The fraction of sp³-hybridized carbons (Fsp3) is 0.263. The van der Waals surface area contributed by atoms with Gasteiger partial charge in [0, 0.05) is 46.3 Å². The number of rotatable bonds is 3. The maximum Gasteiger partial charge on any atom is 0.263 e. The number of thiophene rings is 1. The van der Waals surface area contributed by atoms with Crippen LogP contribution in [0.1, 0.15) is 34.3 Å². The monoisotopic (exact) mass is 405 g/mol. The third kappa shape index (κ3) is 3.65. The highest BCUT2D eigenvalue weighted by Gasteiger charge is 2.27. The van der Waals surface area contributed by atoms with E-state index >= 15 is 0 Å². The second-order valence-electron chi connectivity index (χ2n) is 6.39. The Morgan fingerprint density at radius 2 is 2.04 bits per heavy atom. The fourth-order valence-corrected chi connectivity index (χ4v) is 4.83. The van der Waals surface area contributed by atoms with Crippen LogP contribution in [0.3, 0.4) is 0 Å². The number of hydrogen-bond donors (Lipinski definition) is 1. The summed E-state index contributed by atoms with van der Waals surface area (Å²) in [5.74, 6) is 1.31. The molecule has 1 atom stereocenters. The molecule has 1 aliphatic rings. The molecule has 0 saturated carbocycles. The molecule has 0 radical (unpaired) electrons. The lowest BCUT2D eigenvalue weighted by Gasteiger charge is -2.31. The predicted molar refractivity (Wildman–Crippen MR) is 106 cm³/mol. The zero-order chi connectivity index (χ0) is 18.1. The second kappa shape index (κ2) is 7.43. The van der Waals surface area contributed by atoms with Crippen LogP contribution in [-0.4, -0.2) is 33.9 Å². The number of H-pyrrole nitrogens is 1. The molecule has 3 aromatic rings. The van der Waals surface area contributed by atoms with Gasteiger partial charge in [0.1, 0.15) is 5.82 Å². The molecule has 1 aromatic carbocycles. The Hall–Kier alpha value is -1.82. The van der Waals surface area contributed by atoms with Crippen LogP contribution in [0, 0.1) is 0 Å². The van der Waals surface area contributed by atoms with Gasteiger partial charge >= 0.3 is 0 Å². The van der Waals surface area contributed by atoms with E-state index in [1.54, 1.807) is 12.3 Å². The molecule has 1 N–H and O–H groups in total. The number of nitrogens with zero attached hydrogens (tertiary/aromatic N) is 2. The molecule has 26 heavy (non-hydrogen) atoms. The van der Waals surface area contributed by atoms with Gasteiger partial charge in [-0.1, -0.05) is 23.2 Å². The average Bonchev–Trinajstić information content (AvgIpc) is 3.32. The van der Waals surface area contributed by atoms with Gasteiger partial charge in [0.05, 0.1) is 4.88 Å². The molecule has 0 aliphatic carbocycles. The van der Waals surface area contributed by atoms with Crippen molar-refractivity contribution in [2.75, 3.05) is 13.1 Å². The van der Waals surface area contributed by atoms with Crippen molar-refractivity contribution in [1.82, 2.24) is 14.9 Å². The molecule has 134 valence electrons. The van der Waals surface area contributed by atoms with Crippen LogP contribution in [0.25, 0.3) is 10.4 Å². The summed E-state index contributed by atoms with van der Waals surface area (Å²) in [6.45, 7) is 1.48. The zero-order valence-electron chi connectivity index (χ0n) is 13.9. The van der Waals surface area contributed by atoms with Crippen LogP contribution in [0.4, 0.5) is 0 Å². The Balaban J connectivity index is 1.52. The second-order valence-corrected chi connectivity index (χ2v) is 8.34. The first-order valence-corrected chi connectivity index (χ1v) is 10.0. The third-order valence-electron chi connectivity index (χ3n) is 4.58. The van der Waals surface area contributed by atoms with Gasteiger partial charge in [-0.15, -0.1) is 11.3 Å². The molecule has 3 heterocycles. The summed E-state index contributed by atoms with van der Waals surface area (Å²) in [7, 11) is 0. The maximum absolute atomic E-state index is 12.9. The number of piperidine rings is 1. The van der Waals surface area contributed by atoms with Gasteiger partial charge in [-0.25, -0.2) is 4.98 Å². The van der Waals surface area contributed by atoms with Crippen LogP contribution in [-0.2, 0) is 0 Å². The lowest BCUT2D eigenvalue weighted by Crippen LogP contribution is -2.39. The first-order chi connectivity index (χ1) is 12.6. The van der Waals surface area contributed by atoms with Gasteiger partial charge in [-0.3, -0.25) is 4.79 Å². The van der Waals surface area contributed by atoms with E-state index in [9.17, 15) is 4.79 Å². The molecule has 4 rings (SSSR count). The van der Waals surface area contributed by atoms with Gasteiger partial charge in [-0.05, 0) is 48.7 Å². The van der Waals surface area contributed by atoms with E-state index in [4.69, 9.17) is 23.2 Å². The smallest absolute Gasteiger partial charge is 0.263 e. The van der Waals surface area contributed by atoms with Crippen molar-refractivity contribution in [2.24, 2.45) is 0 Å². The predicted octanol–water partition coefficient (Wildman–Crippen LogP) is 5.46. The SMILES string of the molecule is O=C(c1ccc(-c2cc(Cl)cc(Cl)c2)s1)N1CCCC(c2ncc[nH]2)C1. The normalized spacial score (nSPS) is 17.5. The number of nitrogens with one attached hydrogen (secondary N) is 1.